The first-order valence-electron chi connectivity index (χ1n) is 8.06. The molecule has 2 aromatic heterocycles. The van der Waals surface area contributed by atoms with Gasteiger partial charge in [0.15, 0.2) is 0 Å². The van der Waals surface area contributed by atoms with Gasteiger partial charge in [0.2, 0.25) is 5.91 Å². The van der Waals surface area contributed by atoms with Crippen molar-refractivity contribution >= 4 is 23.4 Å². The second kappa shape index (κ2) is 8.09. The molecular weight excluding hydrogens is 352 g/mol. The first-order valence-corrected chi connectivity index (χ1v) is 9.05. The SMILES string of the molecule is Cc1occc1-c1nnc(SCC(=O)NCc2ccc(N(C)C)cc2)o1. The third kappa shape index (κ3) is 4.45. The fraction of sp³-hybridized carbons (Fsp3) is 0.278. The number of anilines is 1. The monoisotopic (exact) mass is 372 g/mol. The number of rotatable bonds is 7. The van der Waals surface area contributed by atoms with E-state index < -0.39 is 0 Å². The summed E-state index contributed by atoms with van der Waals surface area (Å²) in [6.07, 6.45) is 1.57. The minimum absolute atomic E-state index is 0.0917. The Bertz CT molecular complexity index is 871. The topological polar surface area (TPSA) is 84.4 Å². The van der Waals surface area contributed by atoms with E-state index in [4.69, 9.17) is 8.83 Å². The van der Waals surface area contributed by atoms with Gasteiger partial charge in [-0.25, -0.2) is 0 Å². The normalized spacial score (nSPS) is 10.7. The lowest BCUT2D eigenvalue weighted by Crippen LogP contribution is -2.24. The van der Waals surface area contributed by atoms with Gasteiger partial charge in [-0.15, -0.1) is 10.2 Å². The molecule has 2 heterocycles. The molecule has 3 rings (SSSR count). The molecule has 0 saturated carbocycles. The first kappa shape index (κ1) is 18.1. The van der Waals surface area contributed by atoms with Crippen LogP contribution in [0.5, 0.6) is 0 Å². The number of hydrogen-bond acceptors (Lipinski definition) is 7. The van der Waals surface area contributed by atoms with Crippen LogP contribution in [0.4, 0.5) is 5.69 Å². The molecule has 0 unspecified atom stereocenters. The van der Waals surface area contributed by atoms with Crippen LogP contribution in [0.2, 0.25) is 0 Å². The number of aromatic nitrogens is 2. The van der Waals surface area contributed by atoms with Gasteiger partial charge in [-0.1, -0.05) is 23.9 Å². The molecule has 0 aliphatic heterocycles. The van der Waals surface area contributed by atoms with Gasteiger partial charge in [0.05, 0.1) is 17.6 Å². The number of aryl methyl sites for hydroxylation is 1. The van der Waals surface area contributed by atoms with E-state index >= 15 is 0 Å². The molecule has 0 aliphatic carbocycles. The molecule has 3 aromatic rings. The predicted molar refractivity (Wildman–Crippen MR) is 100 cm³/mol. The molecule has 0 aliphatic rings. The van der Waals surface area contributed by atoms with Crippen molar-refractivity contribution in [1.29, 1.82) is 0 Å². The van der Waals surface area contributed by atoms with Crippen molar-refractivity contribution in [2.75, 3.05) is 24.7 Å². The van der Waals surface area contributed by atoms with E-state index in [1.807, 2.05) is 50.2 Å². The standard InChI is InChI=1S/C18H20N4O3S/c1-12-15(8-9-24-12)17-20-21-18(25-17)26-11-16(23)19-10-13-4-6-14(7-5-13)22(2)3/h4-9H,10-11H2,1-3H3,(H,19,23). The van der Waals surface area contributed by atoms with Crippen molar-refractivity contribution in [3.8, 4) is 11.5 Å². The van der Waals surface area contributed by atoms with Crippen LogP contribution in [0.15, 0.2) is 50.7 Å². The van der Waals surface area contributed by atoms with Crippen molar-refractivity contribution in [2.24, 2.45) is 0 Å². The van der Waals surface area contributed by atoms with Gasteiger partial charge in [-0.2, -0.15) is 0 Å². The van der Waals surface area contributed by atoms with Gasteiger partial charge in [0, 0.05) is 26.3 Å². The van der Waals surface area contributed by atoms with Crippen molar-refractivity contribution in [3.05, 3.63) is 47.9 Å². The van der Waals surface area contributed by atoms with Crippen LogP contribution >= 0.6 is 11.8 Å². The molecule has 0 bridgehead atoms. The number of nitrogens with one attached hydrogen (secondary N) is 1. The van der Waals surface area contributed by atoms with Gasteiger partial charge in [-0.3, -0.25) is 4.79 Å². The van der Waals surface area contributed by atoms with Crippen LogP contribution in [0.1, 0.15) is 11.3 Å². The molecule has 1 N–H and O–H groups in total. The average Bonchev–Trinajstić information content (AvgIpc) is 3.27. The fourth-order valence-electron chi connectivity index (χ4n) is 2.27. The predicted octanol–water partition coefficient (Wildman–Crippen LogP) is 3.11. The smallest absolute Gasteiger partial charge is 0.277 e. The molecule has 1 aromatic carbocycles. The molecule has 8 heteroatoms. The molecule has 0 radical (unpaired) electrons. The van der Waals surface area contributed by atoms with Gasteiger partial charge >= 0.3 is 0 Å². The number of benzene rings is 1. The van der Waals surface area contributed by atoms with Gasteiger partial charge in [0.25, 0.3) is 11.1 Å². The molecule has 26 heavy (non-hydrogen) atoms. The lowest BCUT2D eigenvalue weighted by atomic mass is 10.2. The summed E-state index contributed by atoms with van der Waals surface area (Å²) in [5, 5.41) is 11.2. The Kier molecular flexibility index (Phi) is 5.62. The highest BCUT2D eigenvalue weighted by molar-refractivity contribution is 7.99. The largest absolute Gasteiger partial charge is 0.469 e. The van der Waals surface area contributed by atoms with Crippen LogP contribution < -0.4 is 10.2 Å². The maximum atomic E-state index is 12.0. The third-order valence-corrected chi connectivity index (χ3v) is 4.58. The Hall–Kier alpha value is -2.74. The number of amides is 1. The minimum atomic E-state index is -0.0917. The summed E-state index contributed by atoms with van der Waals surface area (Å²) >= 11 is 1.20. The number of hydrogen-bond donors (Lipinski definition) is 1. The Morgan fingerprint density at radius 2 is 1.96 bits per heavy atom. The van der Waals surface area contributed by atoms with E-state index in [0.717, 1.165) is 16.8 Å². The van der Waals surface area contributed by atoms with Crippen LogP contribution in [-0.4, -0.2) is 36.0 Å². The highest BCUT2D eigenvalue weighted by Crippen LogP contribution is 2.26. The first-order chi connectivity index (χ1) is 12.5. The summed E-state index contributed by atoms with van der Waals surface area (Å²) in [4.78, 5) is 14.0. The highest BCUT2D eigenvalue weighted by atomic mass is 32.2. The molecule has 136 valence electrons. The number of nitrogens with zero attached hydrogens (tertiary/aromatic N) is 3. The summed E-state index contributed by atoms with van der Waals surface area (Å²) in [7, 11) is 3.98. The minimum Gasteiger partial charge on any atom is -0.469 e. The molecule has 0 atom stereocenters. The quantitative estimate of drug-likeness (QED) is 0.638. The van der Waals surface area contributed by atoms with Gasteiger partial charge < -0.3 is 19.1 Å². The summed E-state index contributed by atoms with van der Waals surface area (Å²) < 4.78 is 10.8. The number of thioether (sulfide) groups is 1. The lowest BCUT2D eigenvalue weighted by molar-refractivity contribution is -0.118. The van der Waals surface area contributed by atoms with Gasteiger partial charge in [-0.05, 0) is 30.7 Å². The molecular formula is C18H20N4O3S. The number of furan rings is 1. The summed E-state index contributed by atoms with van der Waals surface area (Å²) in [6, 6.07) is 9.81. The van der Waals surface area contributed by atoms with E-state index in [-0.39, 0.29) is 11.7 Å². The fourth-order valence-corrected chi connectivity index (χ4v) is 2.87. The lowest BCUT2D eigenvalue weighted by Gasteiger charge is -2.12. The number of carbonyl (C=O) groups excluding carboxylic acids is 1. The molecule has 0 fully saturated rings. The second-order valence-electron chi connectivity index (χ2n) is 5.89. The second-order valence-corrected chi connectivity index (χ2v) is 6.82. The summed E-state index contributed by atoms with van der Waals surface area (Å²) in [6.45, 7) is 2.31. The van der Waals surface area contributed by atoms with Crippen molar-refractivity contribution in [2.45, 2.75) is 18.7 Å². The van der Waals surface area contributed by atoms with E-state index in [1.54, 1.807) is 12.3 Å². The Morgan fingerprint density at radius 3 is 2.62 bits per heavy atom. The Morgan fingerprint density at radius 1 is 1.19 bits per heavy atom. The van der Waals surface area contributed by atoms with E-state index in [1.165, 1.54) is 11.8 Å². The molecule has 0 spiro atoms. The van der Waals surface area contributed by atoms with Gasteiger partial charge in [0.1, 0.15) is 5.76 Å². The Labute approximate surface area is 155 Å². The zero-order chi connectivity index (χ0) is 18.5. The maximum absolute atomic E-state index is 12.0. The summed E-state index contributed by atoms with van der Waals surface area (Å²) in [5.41, 5.74) is 2.93. The molecule has 0 saturated heterocycles. The van der Waals surface area contributed by atoms with E-state index in [2.05, 4.69) is 15.5 Å². The van der Waals surface area contributed by atoms with Crippen LogP contribution in [0.25, 0.3) is 11.5 Å². The van der Waals surface area contributed by atoms with E-state index in [0.29, 0.717) is 23.4 Å². The zero-order valence-electron chi connectivity index (χ0n) is 14.9. The zero-order valence-corrected chi connectivity index (χ0v) is 15.7. The van der Waals surface area contributed by atoms with E-state index in [9.17, 15) is 4.79 Å². The third-order valence-electron chi connectivity index (χ3n) is 3.76. The molecule has 1 amide bonds. The van der Waals surface area contributed by atoms with Crippen LogP contribution in [0, 0.1) is 6.92 Å². The van der Waals surface area contributed by atoms with Crippen LogP contribution in [-0.2, 0) is 11.3 Å². The number of carbonyl (C=O) groups is 1. The highest BCUT2D eigenvalue weighted by Gasteiger charge is 2.14. The van der Waals surface area contributed by atoms with Crippen molar-refractivity contribution in [1.82, 2.24) is 15.5 Å². The van der Waals surface area contributed by atoms with Crippen molar-refractivity contribution < 1.29 is 13.6 Å². The molecule has 7 nitrogen and oxygen atoms in total. The maximum Gasteiger partial charge on any atom is 0.277 e. The van der Waals surface area contributed by atoms with Crippen LogP contribution in [0.3, 0.4) is 0 Å². The summed E-state index contributed by atoms with van der Waals surface area (Å²) in [5.74, 6) is 1.22. The average molecular weight is 372 g/mol. The van der Waals surface area contributed by atoms with Crippen molar-refractivity contribution in [3.63, 3.8) is 0 Å². The Balaban J connectivity index is 1.47.